The molecule has 1 aromatic rings. The van der Waals surface area contributed by atoms with Crippen molar-refractivity contribution in [2.45, 2.75) is 45.3 Å². The standard InChI is InChI=1S/C20H30FN3O3.ClH/c1-14(2)18(23-19(25)15-4-6-16(21)7-5-15)20(26)24-11-8-17(9-12-24)27-13-3-10-22;/h4-7,14,17-18H,3,8-13,22H2,1-2H3,(H,23,25);1H. The summed E-state index contributed by atoms with van der Waals surface area (Å²) in [5, 5.41) is 2.80. The summed E-state index contributed by atoms with van der Waals surface area (Å²) in [6.07, 6.45) is 2.57. The number of rotatable bonds is 8. The maximum absolute atomic E-state index is 13.0. The molecule has 28 heavy (non-hydrogen) atoms. The van der Waals surface area contributed by atoms with Crippen LogP contribution >= 0.6 is 12.4 Å². The number of carbonyl (C=O) groups is 2. The Morgan fingerprint density at radius 2 is 1.86 bits per heavy atom. The van der Waals surface area contributed by atoms with E-state index in [1.165, 1.54) is 24.3 Å². The van der Waals surface area contributed by atoms with Crippen LogP contribution in [0.25, 0.3) is 0 Å². The van der Waals surface area contributed by atoms with E-state index < -0.39 is 11.9 Å². The summed E-state index contributed by atoms with van der Waals surface area (Å²) in [7, 11) is 0. The summed E-state index contributed by atoms with van der Waals surface area (Å²) in [5.74, 6) is -0.914. The van der Waals surface area contributed by atoms with E-state index in [1.54, 1.807) is 4.90 Å². The average Bonchev–Trinajstić information content (AvgIpc) is 2.66. The van der Waals surface area contributed by atoms with E-state index in [0.717, 1.165) is 19.3 Å². The van der Waals surface area contributed by atoms with Gasteiger partial charge in [-0.25, -0.2) is 4.39 Å². The van der Waals surface area contributed by atoms with Gasteiger partial charge in [0.15, 0.2) is 0 Å². The largest absolute Gasteiger partial charge is 0.378 e. The molecule has 6 nitrogen and oxygen atoms in total. The fraction of sp³-hybridized carbons (Fsp3) is 0.600. The average molecular weight is 416 g/mol. The molecule has 0 spiro atoms. The molecule has 0 saturated carbocycles. The Labute approximate surface area is 172 Å². The molecule has 158 valence electrons. The SMILES string of the molecule is CC(C)C(NC(=O)c1ccc(F)cc1)C(=O)N1CCC(OCCCN)CC1.Cl. The quantitative estimate of drug-likeness (QED) is 0.638. The molecule has 1 atom stereocenters. The molecule has 2 amide bonds. The van der Waals surface area contributed by atoms with Crippen molar-refractivity contribution in [1.82, 2.24) is 10.2 Å². The number of amides is 2. The number of carbonyl (C=O) groups excluding carboxylic acids is 2. The van der Waals surface area contributed by atoms with Crippen molar-refractivity contribution < 1.29 is 18.7 Å². The number of likely N-dealkylation sites (tertiary alicyclic amines) is 1. The number of nitrogens with zero attached hydrogens (tertiary/aromatic N) is 1. The molecule has 1 unspecified atom stereocenters. The van der Waals surface area contributed by atoms with Crippen molar-refractivity contribution in [1.29, 1.82) is 0 Å². The van der Waals surface area contributed by atoms with Gasteiger partial charge < -0.3 is 20.7 Å². The lowest BCUT2D eigenvalue weighted by Crippen LogP contribution is -2.53. The zero-order valence-electron chi connectivity index (χ0n) is 16.5. The van der Waals surface area contributed by atoms with E-state index in [1.807, 2.05) is 13.8 Å². The Kier molecular flexibility index (Phi) is 10.4. The van der Waals surface area contributed by atoms with Crippen molar-refractivity contribution in [2.75, 3.05) is 26.2 Å². The zero-order valence-corrected chi connectivity index (χ0v) is 17.3. The third kappa shape index (κ3) is 7.04. The number of halogens is 2. The monoisotopic (exact) mass is 415 g/mol. The summed E-state index contributed by atoms with van der Waals surface area (Å²) < 4.78 is 18.8. The minimum Gasteiger partial charge on any atom is -0.378 e. The van der Waals surface area contributed by atoms with Crippen LogP contribution in [0.3, 0.4) is 0 Å². The van der Waals surface area contributed by atoms with Gasteiger partial charge in [0.1, 0.15) is 11.9 Å². The summed E-state index contributed by atoms with van der Waals surface area (Å²) in [6.45, 7) is 6.29. The van der Waals surface area contributed by atoms with Crippen LogP contribution in [0, 0.1) is 11.7 Å². The lowest BCUT2D eigenvalue weighted by Gasteiger charge is -2.35. The lowest BCUT2D eigenvalue weighted by molar-refractivity contribution is -0.137. The van der Waals surface area contributed by atoms with E-state index in [4.69, 9.17) is 10.5 Å². The van der Waals surface area contributed by atoms with Gasteiger partial charge in [-0.15, -0.1) is 12.4 Å². The van der Waals surface area contributed by atoms with Gasteiger partial charge in [-0.3, -0.25) is 9.59 Å². The predicted octanol–water partition coefficient (Wildman–Crippen LogP) is 2.36. The molecule has 0 aliphatic carbocycles. The molecule has 8 heteroatoms. The summed E-state index contributed by atoms with van der Waals surface area (Å²) in [4.78, 5) is 27.1. The third-order valence-corrected chi connectivity index (χ3v) is 4.78. The second kappa shape index (κ2) is 12.0. The van der Waals surface area contributed by atoms with Gasteiger partial charge in [-0.1, -0.05) is 13.8 Å². The fourth-order valence-corrected chi connectivity index (χ4v) is 3.11. The number of piperidine rings is 1. The highest BCUT2D eigenvalue weighted by Gasteiger charge is 2.31. The lowest BCUT2D eigenvalue weighted by atomic mass is 10.00. The first-order valence-corrected chi connectivity index (χ1v) is 9.59. The zero-order chi connectivity index (χ0) is 19.8. The minimum absolute atomic E-state index is 0. The van der Waals surface area contributed by atoms with Crippen LogP contribution in [0.4, 0.5) is 4.39 Å². The molecule has 0 bridgehead atoms. The summed E-state index contributed by atoms with van der Waals surface area (Å²) in [5.41, 5.74) is 5.81. The smallest absolute Gasteiger partial charge is 0.251 e. The Balaban J connectivity index is 0.00000392. The highest BCUT2D eigenvalue weighted by atomic mass is 35.5. The molecule has 1 heterocycles. The van der Waals surface area contributed by atoms with Crippen LogP contribution in [0.2, 0.25) is 0 Å². The molecule has 1 aliphatic rings. The van der Waals surface area contributed by atoms with Gasteiger partial charge in [0.25, 0.3) is 5.91 Å². The van der Waals surface area contributed by atoms with Crippen LogP contribution in [-0.2, 0) is 9.53 Å². The van der Waals surface area contributed by atoms with Crippen molar-refractivity contribution in [3.8, 4) is 0 Å². The summed E-state index contributed by atoms with van der Waals surface area (Å²) >= 11 is 0. The molecule has 1 aromatic carbocycles. The van der Waals surface area contributed by atoms with Gasteiger partial charge in [-0.05, 0) is 56.0 Å². The Morgan fingerprint density at radius 1 is 1.25 bits per heavy atom. The van der Waals surface area contributed by atoms with Crippen LogP contribution in [0.5, 0.6) is 0 Å². The number of ether oxygens (including phenoxy) is 1. The maximum Gasteiger partial charge on any atom is 0.251 e. The topological polar surface area (TPSA) is 84.7 Å². The Bertz CT molecular complexity index is 620. The van der Waals surface area contributed by atoms with Crippen LogP contribution in [0.15, 0.2) is 24.3 Å². The highest BCUT2D eigenvalue weighted by molar-refractivity contribution is 5.97. The second-order valence-corrected chi connectivity index (χ2v) is 7.24. The van der Waals surface area contributed by atoms with E-state index >= 15 is 0 Å². The first-order chi connectivity index (χ1) is 12.9. The molecule has 2 rings (SSSR count). The fourth-order valence-electron chi connectivity index (χ4n) is 3.11. The first kappa shape index (κ1) is 24.3. The first-order valence-electron chi connectivity index (χ1n) is 9.59. The van der Waals surface area contributed by atoms with Gasteiger partial charge in [-0.2, -0.15) is 0 Å². The molecule has 1 fully saturated rings. The molecule has 0 radical (unpaired) electrons. The predicted molar refractivity (Wildman–Crippen MR) is 109 cm³/mol. The number of benzene rings is 1. The maximum atomic E-state index is 13.0. The normalized spacial score (nSPS) is 15.8. The number of hydrogen-bond acceptors (Lipinski definition) is 4. The van der Waals surface area contributed by atoms with Crippen molar-refractivity contribution in [3.63, 3.8) is 0 Å². The van der Waals surface area contributed by atoms with Gasteiger partial charge in [0.2, 0.25) is 5.91 Å². The third-order valence-electron chi connectivity index (χ3n) is 4.78. The second-order valence-electron chi connectivity index (χ2n) is 7.24. The van der Waals surface area contributed by atoms with E-state index in [9.17, 15) is 14.0 Å². The molecule has 3 N–H and O–H groups in total. The molecule has 0 aromatic heterocycles. The van der Waals surface area contributed by atoms with E-state index in [0.29, 0.717) is 31.8 Å². The number of hydrogen-bond donors (Lipinski definition) is 2. The van der Waals surface area contributed by atoms with Crippen LogP contribution in [0.1, 0.15) is 43.5 Å². The van der Waals surface area contributed by atoms with Gasteiger partial charge >= 0.3 is 0 Å². The van der Waals surface area contributed by atoms with Crippen LogP contribution < -0.4 is 11.1 Å². The minimum atomic E-state index is -0.614. The molecular formula is C20H31ClFN3O3. The van der Waals surface area contributed by atoms with Gasteiger partial charge in [0.05, 0.1) is 6.10 Å². The van der Waals surface area contributed by atoms with E-state index in [-0.39, 0.29) is 36.2 Å². The summed E-state index contributed by atoms with van der Waals surface area (Å²) in [6, 6.07) is 4.68. The van der Waals surface area contributed by atoms with E-state index in [2.05, 4.69) is 5.32 Å². The molecular weight excluding hydrogens is 385 g/mol. The van der Waals surface area contributed by atoms with Crippen molar-refractivity contribution in [2.24, 2.45) is 11.7 Å². The molecule has 1 saturated heterocycles. The van der Waals surface area contributed by atoms with Crippen molar-refractivity contribution >= 4 is 24.2 Å². The van der Waals surface area contributed by atoms with Gasteiger partial charge in [0, 0.05) is 25.3 Å². The van der Waals surface area contributed by atoms with Crippen molar-refractivity contribution in [3.05, 3.63) is 35.6 Å². The Morgan fingerprint density at radius 3 is 2.39 bits per heavy atom. The van der Waals surface area contributed by atoms with Crippen LogP contribution in [-0.4, -0.2) is 55.1 Å². The highest BCUT2D eigenvalue weighted by Crippen LogP contribution is 2.17. The number of nitrogens with two attached hydrogens (primary N) is 1. The number of nitrogens with one attached hydrogen (secondary N) is 1. The Hall–Kier alpha value is -1.70. The molecule has 1 aliphatic heterocycles.